The van der Waals surface area contributed by atoms with E-state index in [1.165, 1.54) is 12.8 Å². The van der Waals surface area contributed by atoms with E-state index in [0.29, 0.717) is 17.9 Å². The molecule has 1 N–H and O–H groups in total. The molecule has 0 aromatic heterocycles. The van der Waals surface area contributed by atoms with Crippen LogP contribution in [0.15, 0.2) is 0 Å². The van der Waals surface area contributed by atoms with Crippen LogP contribution in [0.3, 0.4) is 0 Å². The van der Waals surface area contributed by atoms with Gasteiger partial charge in [0.2, 0.25) is 5.91 Å². The molecular formula is C11H20N2O. The largest absolute Gasteiger partial charge is 0.340 e. The molecule has 0 radical (unpaired) electrons. The molecule has 0 aliphatic carbocycles. The molecule has 0 aromatic rings. The van der Waals surface area contributed by atoms with E-state index in [1.807, 2.05) is 0 Å². The standard InChI is InChI=1S/C11H20N2O/c1-9-3-2-8-13(9)11(14)10-4-6-12-7-5-10/h9-10,12H,2-8H2,1H3/t9-/m0/s1. The molecule has 0 saturated carbocycles. The van der Waals surface area contributed by atoms with E-state index in [2.05, 4.69) is 17.1 Å². The second kappa shape index (κ2) is 4.30. The van der Waals surface area contributed by atoms with E-state index in [0.717, 1.165) is 32.5 Å². The Balaban J connectivity index is 1.92. The molecule has 2 rings (SSSR count). The van der Waals surface area contributed by atoms with Gasteiger partial charge in [-0.2, -0.15) is 0 Å². The van der Waals surface area contributed by atoms with Crippen LogP contribution in [-0.2, 0) is 4.79 Å². The molecule has 3 nitrogen and oxygen atoms in total. The Morgan fingerprint density at radius 1 is 1.29 bits per heavy atom. The van der Waals surface area contributed by atoms with Gasteiger partial charge in [-0.3, -0.25) is 4.79 Å². The molecule has 0 unspecified atom stereocenters. The van der Waals surface area contributed by atoms with Crippen LogP contribution in [0.25, 0.3) is 0 Å². The van der Waals surface area contributed by atoms with E-state index in [-0.39, 0.29) is 0 Å². The Labute approximate surface area is 85.8 Å². The highest BCUT2D eigenvalue weighted by Crippen LogP contribution is 2.22. The Kier molecular flexibility index (Phi) is 3.06. The predicted octanol–water partition coefficient (Wildman–Crippen LogP) is 0.997. The third-order valence-corrected chi connectivity index (χ3v) is 3.52. The Hall–Kier alpha value is -0.570. The molecule has 0 bridgehead atoms. The van der Waals surface area contributed by atoms with E-state index in [4.69, 9.17) is 0 Å². The van der Waals surface area contributed by atoms with Crippen molar-refractivity contribution in [2.45, 2.75) is 38.6 Å². The third kappa shape index (κ3) is 1.92. The van der Waals surface area contributed by atoms with Gasteiger partial charge >= 0.3 is 0 Å². The fourth-order valence-corrected chi connectivity index (χ4v) is 2.56. The third-order valence-electron chi connectivity index (χ3n) is 3.52. The van der Waals surface area contributed by atoms with Gasteiger partial charge in [-0.1, -0.05) is 0 Å². The average Bonchev–Trinajstić information content (AvgIpc) is 2.65. The van der Waals surface area contributed by atoms with Gasteiger partial charge in [0.1, 0.15) is 0 Å². The molecule has 2 aliphatic rings. The van der Waals surface area contributed by atoms with Gasteiger partial charge in [0.05, 0.1) is 0 Å². The molecule has 0 spiro atoms. The Morgan fingerprint density at radius 3 is 2.57 bits per heavy atom. The molecule has 14 heavy (non-hydrogen) atoms. The average molecular weight is 196 g/mol. The molecule has 2 fully saturated rings. The first-order valence-electron chi connectivity index (χ1n) is 5.80. The lowest BCUT2D eigenvalue weighted by molar-refractivity contribution is -0.136. The van der Waals surface area contributed by atoms with E-state index >= 15 is 0 Å². The highest BCUT2D eigenvalue weighted by molar-refractivity contribution is 5.79. The second-order valence-corrected chi connectivity index (χ2v) is 4.55. The molecule has 2 heterocycles. The summed E-state index contributed by atoms with van der Waals surface area (Å²) in [5.74, 6) is 0.716. The number of hydrogen-bond donors (Lipinski definition) is 1. The van der Waals surface area contributed by atoms with Gasteiger partial charge in [-0.15, -0.1) is 0 Å². The smallest absolute Gasteiger partial charge is 0.226 e. The molecule has 2 aliphatic heterocycles. The highest BCUT2D eigenvalue weighted by atomic mass is 16.2. The van der Waals surface area contributed by atoms with E-state index in [9.17, 15) is 4.79 Å². The maximum absolute atomic E-state index is 12.1. The van der Waals surface area contributed by atoms with Crippen molar-refractivity contribution < 1.29 is 4.79 Å². The number of rotatable bonds is 1. The number of nitrogens with one attached hydrogen (secondary N) is 1. The maximum atomic E-state index is 12.1. The fourth-order valence-electron chi connectivity index (χ4n) is 2.56. The van der Waals surface area contributed by atoms with Crippen molar-refractivity contribution in [3.05, 3.63) is 0 Å². The van der Waals surface area contributed by atoms with E-state index in [1.54, 1.807) is 0 Å². The van der Waals surface area contributed by atoms with Gasteiger partial charge in [-0.05, 0) is 45.7 Å². The van der Waals surface area contributed by atoms with Crippen molar-refractivity contribution in [2.75, 3.05) is 19.6 Å². The van der Waals surface area contributed by atoms with Crippen LogP contribution in [-0.4, -0.2) is 36.5 Å². The molecule has 3 heteroatoms. The molecule has 1 atom stereocenters. The summed E-state index contributed by atoms with van der Waals surface area (Å²) in [5.41, 5.74) is 0. The Bertz CT molecular complexity index is 211. The van der Waals surface area contributed by atoms with E-state index < -0.39 is 0 Å². The molecule has 0 aromatic carbocycles. The summed E-state index contributed by atoms with van der Waals surface area (Å²) in [6.07, 6.45) is 4.44. The number of piperidine rings is 1. The van der Waals surface area contributed by atoms with Gasteiger partial charge < -0.3 is 10.2 Å². The minimum absolute atomic E-state index is 0.303. The van der Waals surface area contributed by atoms with Crippen LogP contribution in [0, 0.1) is 5.92 Å². The summed E-state index contributed by atoms with van der Waals surface area (Å²) in [6.45, 7) is 5.19. The first-order valence-corrected chi connectivity index (χ1v) is 5.80. The lowest BCUT2D eigenvalue weighted by atomic mass is 9.96. The van der Waals surface area contributed by atoms with Crippen molar-refractivity contribution in [1.29, 1.82) is 0 Å². The number of nitrogens with zero attached hydrogens (tertiary/aromatic N) is 1. The van der Waals surface area contributed by atoms with Crippen LogP contribution in [0.2, 0.25) is 0 Å². The van der Waals surface area contributed by atoms with Gasteiger partial charge in [0, 0.05) is 18.5 Å². The summed E-state index contributed by atoms with van der Waals surface area (Å²) >= 11 is 0. The summed E-state index contributed by atoms with van der Waals surface area (Å²) in [5, 5.41) is 3.30. The number of likely N-dealkylation sites (tertiary alicyclic amines) is 1. The topological polar surface area (TPSA) is 32.3 Å². The summed E-state index contributed by atoms with van der Waals surface area (Å²) in [4.78, 5) is 14.2. The zero-order chi connectivity index (χ0) is 9.97. The summed E-state index contributed by atoms with van der Waals surface area (Å²) in [6, 6.07) is 0.484. The van der Waals surface area contributed by atoms with Crippen molar-refractivity contribution in [3.63, 3.8) is 0 Å². The van der Waals surface area contributed by atoms with Crippen molar-refractivity contribution in [2.24, 2.45) is 5.92 Å². The van der Waals surface area contributed by atoms with Crippen molar-refractivity contribution >= 4 is 5.91 Å². The van der Waals surface area contributed by atoms with Gasteiger partial charge in [-0.25, -0.2) is 0 Å². The summed E-state index contributed by atoms with van der Waals surface area (Å²) < 4.78 is 0. The van der Waals surface area contributed by atoms with Crippen LogP contribution < -0.4 is 5.32 Å². The van der Waals surface area contributed by atoms with Crippen molar-refractivity contribution in [3.8, 4) is 0 Å². The van der Waals surface area contributed by atoms with Gasteiger partial charge in [0.25, 0.3) is 0 Å². The SMILES string of the molecule is C[C@H]1CCCN1C(=O)C1CCNCC1. The first-order chi connectivity index (χ1) is 6.79. The minimum Gasteiger partial charge on any atom is -0.340 e. The number of carbonyl (C=O) groups excluding carboxylic acids is 1. The number of carbonyl (C=O) groups is 1. The lowest BCUT2D eigenvalue weighted by Gasteiger charge is -2.29. The number of amides is 1. The van der Waals surface area contributed by atoms with Crippen molar-refractivity contribution in [1.82, 2.24) is 10.2 Å². The van der Waals surface area contributed by atoms with Crippen LogP contribution in [0.4, 0.5) is 0 Å². The van der Waals surface area contributed by atoms with Crippen LogP contribution >= 0.6 is 0 Å². The lowest BCUT2D eigenvalue weighted by Crippen LogP contribution is -2.42. The fraction of sp³-hybridized carbons (Fsp3) is 0.909. The normalized spacial score (nSPS) is 29.5. The zero-order valence-corrected chi connectivity index (χ0v) is 8.96. The highest BCUT2D eigenvalue weighted by Gasteiger charge is 2.30. The first kappa shape index (κ1) is 9.97. The van der Waals surface area contributed by atoms with Crippen LogP contribution in [0.5, 0.6) is 0 Å². The van der Waals surface area contributed by atoms with Gasteiger partial charge in [0.15, 0.2) is 0 Å². The second-order valence-electron chi connectivity index (χ2n) is 4.55. The summed E-state index contributed by atoms with van der Waals surface area (Å²) in [7, 11) is 0. The monoisotopic (exact) mass is 196 g/mol. The Morgan fingerprint density at radius 2 is 2.00 bits per heavy atom. The molecule has 2 saturated heterocycles. The molecular weight excluding hydrogens is 176 g/mol. The van der Waals surface area contributed by atoms with Crippen LogP contribution in [0.1, 0.15) is 32.6 Å². The molecule has 80 valence electrons. The predicted molar refractivity (Wildman–Crippen MR) is 56.0 cm³/mol. The maximum Gasteiger partial charge on any atom is 0.226 e. The molecule has 1 amide bonds. The quantitative estimate of drug-likeness (QED) is 0.678. The zero-order valence-electron chi connectivity index (χ0n) is 8.96. The minimum atomic E-state index is 0.303. The number of hydrogen-bond acceptors (Lipinski definition) is 2.